The highest BCUT2D eigenvalue weighted by atomic mass is 32.2. The molecule has 0 spiro atoms. The van der Waals surface area contributed by atoms with Crippen molar-refractivity contribution >= 4 is 21.4 Å². The number of hydrogen-bond acceptors (Lipinski definition) is 5. The molecule has 2 aromatic heterocycles. The van der Waals surface area contributed by atoms with Crippen LogP contribution in [0.15, 0.2) is 16.5 Å². The number of aromatic nitrogens is 2. The first kappa shape index (κ1) is 15.2. The average Bonchev–Trinajstić information content (AvgIpc) is 2.93. The Hall–Kier alpha value is -1.22. The van der Waals surface area contributed by atoms with Crippen molar-refractivity contribution < 1.29 is 8.42 Å². The first-order valence-electron chi connectivity index (χ1n) is 6.11. The first-order chi connectivity index (χ1) is 9.35. The van der Waals surface area contributed by atoms with E-state index in [4.69, 9.17) is 5.73 Å². The lowest BCUT2D eigenvalue weighted by Crippen LogP contribution is -2.22. The zero-order valence-electron chi connectivity index (χ0n) is 11.7. The number of rotatable bonds is 5. The fraction of sp³-hybridized carbons (Fsp3) is 0.417. The molecule has 0 unspecified atom stereocenters. The van der Waals surface area contributed by atoms with Crippen molar-refractivity contribution in [3.8, 4) is 0 Å². The van der Waals surface area contributed by atoms with Crippen LogP contribution >= 0.6 is 11.3 Å². The molecule has 2 aromatic rings. The average molecular weight is 314 g/mol. The summed E-state index contributed by atoms with van der Waals surface area (Å²) in [6.45, 7) is 4.35. The Morgan fingerprint density at radius 2 is 2.15 bits per heavy atom. The Morgan fingerprint density at radius 3 is 2.65 bits per heavy atom. The summed E-state index contributed by atoms with van der Waals surface area (Å²) >= 11 is 1.21. The Balaban J connectivity index is 2.17. The highest BCUT2D eigenvalue weighted by Crippen LogP contribution is 2.25. The van der Waals surface area contributed by atoms with Gasteiger partial charge < -0.3 is 5.73 Å². The number of sulfonamides is 1. The minimum absolute atomic E-state index is 0.233. The maximum absolute atomic E-state index is 12.2. The third-order valence-electron chi connectivity index (χ3n) is 3.24. The van der Waals surface area contributed by atoms with E-state index in [-0.39, 0.29) is 6.54 Å². The maximum atomic E-state index is 12.2. The van der Waals surface area contributed by atoms with E-state index >= 15 is 0 Å². The van der Waals surface area contributed by atoms with E-state index in [2.05, 4.69) is 9.82 Å². The van der Waals surface area contributed by atoms with E-state index < -0.39 is 10.0 Å². The number of nitrogens with two attached hydrogens (primary N) is 1. The minimum Gasteiger partial charge on any atom is -0.326 e. The number of nitrogens with one attached hydrogen (secondary N) is 1. The van der Waals surface area contributed by atoms with Crippen LogP contribution < -0.4 is 10.5 Å². The summed E-state index contributed by atoms with van der Waals surface area (Å²) in [5, 5.41) is 4.09. The van der Waals surface area contributed by atoms with Crippen molar-refractivity contribution in [3.05, 3.63) is 34.0 Å². The minimum atomic E-state index is -3.50. The van der Waals surface area contributed by atoms with E-state index in [0.717, 1.165) is 21.7 Å². The van der Waals surface area contributed by atoms with Crippen LogP contribution in [0.5, 0.6) is 0 Å². The summed E-state index contributed by atoms with van der Waals surface area (Å²) in [4.78, 5) is 0.892. The van der Waals surface area contributed by atoms with Gasteiger partial charge in [0.1, 0.15) is 4.21 Å². The van der Waals surface area contributed by atoms with Gasteiger partial charge in [-0.1, -0.05) is 0 Å². The molecule has 0 amide bonds. The lowest BCUT2D eigenvalue weighted by Gasteiger charge is -2.04. The molecule has 0 atom stereocenters. The van der Waals surface area contributed by atoms with Crippen LogP contribution in [0.4, 0.5) is 0 Å². The van der Waals surface area contributed by atoms with Gasteiger partial charge in [0.25, 0.3) is 0 Å². The van der Waals surface area contributed by atoms with Gasteiger partial charge >= 0.3 is 0 Å². The molecule has 0 bridgehead atoms. The summed E-state index contributed by atoms with van der Waals surface area (Å²) in [6.07, 6.45) is 1.67. The molecule has 0 saturated carbocycles. The van der Waals surface area contributed by atoms with Crippen molar-refractivity contribution in [2.45, 2.75) is 31.1 Å². The molecule has 0 aliphatic carbocycles. The summed E-state index contributed by atoms with van der Waals surface area (Å²) in [7, 11) is -1.68. The predicted octanol–water partition coefficient (Wildman–Crippen LogP) is 1.04. The van der Waals surface area contributed by atoms with Crippen LogP contribution in [0.25, 0.3) is 0 Å². The van der Waals surface area contributed by atoms with Gasteiger partial charge in [0.15, 0.2) is 0 Å². The Labute approximate surface area is 122 Å². The zero-order chi connectivity index (χ0) is 14.9. The van der Waals surface area contributed by atoms with Crippen LogP contribution in [0.3, 0.4) is 0 Å². The summed E-state index contributed by atoms with van der Waals surface area (Å²) < 4.78 is 29.1. The van der Waals surface area contributed by atoms with Crippen molar-refractivity contribution in [1.82, 2.24) is 14.5 Å². The monoisotopic (exact) mass is 314 g/mol. The Morgan fingerprint density at radius 1 is 1.45 bits per heavy atom. The van der Waals surface area contributed by atoms with E-state index in [1.165, 1.54) is 11.3 Å². The molecule has 20 heavy (non-hydrogen) atoms. The number of nitrogens with zero attached hydrogens (tertiary/aromatic N) is 2. The van der Waals surface area contributed by atoms with Gasteiger partial charge in [0.05, 0.1) is 6.20 Å². The van der Waals surface area contributed by atoms with Crippen molar-refractivity contribution in [3.63, 3.8) is 0 Å². The third-order valence-corrected chi connectivity index (χ3v) is 6.37. The van der Waals surface area contributed by atoms with E-state index in [1.54, 1.807) is 16.9 Å². The van der Waals surface area contributed by atoms with Gasteiger partial charge in [-0.05, 0) is 25.5 Å². The van der Waals surface area contributed by atoms with Gasteiger partial charge in [0.2, 0.25) is 10.0 Å². The van der Waals surface area contributed by atoms with Crippen molar-refractivity contribution in [1.29, 1.82) is 0 Å². The molecule has 2 heterocycles. The fourth-order valence-electron chi connectivity index (χ4n) is 1.79. The van der Waals surface area contributed by atoms with Gasteiger partial charge in [0, 0.05) is 36.3 Å². The molecular formula is C12H18N4O2S2. The topological polar surface area (TPSA) is 90.0 Å². The summed E-state index contributed by atoms with van der Waals surface area (Å²) in [5.74, 6) is 0. The first-order valence-corrected chi connectivity index (χ1v) is 8.41. The fourth-order valence-corrected chi connectivity index (χ4v) is 4.30. The molecule has 6 nitrogen and oxygen atoms in total. The normalized spacial score (nSPS) is 12.0. The lowest BCUT2D eigenvalue weighted by molar-refractivity contribution is 0.583. The number of thiophene rings is 1. The van der Waals surface area contributed by atoms with Crippen LogP contribution in [-0.4, -0.2) is 18.2 Å². The number of aryl methyl sites for hydroxylation is 2. The molecule has 0 fully saturated rings. The molecule has 2 rings (SSSR count). The van der Waals surface area contributed by atoms with Crippen LogP contribution in [0.1, 0.15) is 21.7 Å². The van der Waals surface area contributed by atoms with E-state index in [1.807, 2.05) is 20.9 Å². The molecule has 0 aromatic carbocycles. The summed E-state index contributed by atoms with van der Waals surface area (Å²) in [6, 6.07) is 1.66. The molecule has 3 N–H and O–H groups in total. The highest BCUT2D eigenvalue weighted by molar-refractivity contribution is 7.91. The zero-order valence-corrected chi connectivity index (χ0v) is 13.3. The highest BCUT2D eigenvalue weighted by Gasteiger charge is 2.19. The van der Waals surface area contributed by atoms with Crippen LogP contribution in [-0.2, 0) is 30.2 Å². The summed E-state index contributed by atoms with van der Waals surface area (Å²) in [5.41, 5.74) is 8.30. The smallest absolute Gasteiger partial charge is 0.250 e. The standard InChI is InChI=1S/C12H18N4O2S2/c1-8-4-12(19-11(8)5-13)20(17,18)15-7-10-6-14-16(3)9(10)2/h4,6,15H,5,7,13H2,1-3H3. The van der Waals surface area contributed by atoms with Crippen LogP contribution in [0.2, 0.25) is 0 Å². The third kappa shape index (κ3) is 2.93. The number of hydrogen-bond donors (Lipinski definition) is 2. The van der Waals surface area contributed by atoms with E-state index in [9.17, 15) is 8.42 Å². The molecule has 0 saturated heterocycles. The largest absolute Gasteiger partial charge is 0.326 e. The molecule has 0 aliphatic rings. The quantitative estimate of drug-likeness (QED) is 0.862. The molecule has 8 heteroatoms. The Kier molecular flexibility index (Phi) is 4.28. The van der Waals surface area contributed by atoms with Gasteiger partial charge in [-0.2, -0.15) is 5.10 Å². The van der Waals surface area contributed by atoms with Crippen molar-refractivity contribution in [2.75, 3.05) is 0 Å². The van der Waals surface area contributed by atoms with Crippen molar-refractivity contribution in [2.24, 2.45) is 12.8 Å². The SMILES string of the molecule is Cc1cc(S(=O)(=O)NCc2cnn(C)c2C)sc1CN. The second-order valence-electron chi connectivity index (χ2n) is 4.58. The van der Waals surface area contributed by atoms with Gasteiger partial charge in [-0.25, -0.2) is 13.1 Å². The molecule has 0 aliphatic heterocycles. The van der Waals surface area contributed by atoms with Crippen LogP contribution in [0, 0.1) is 13.8 Å². The Bertz CT molecular complexity index is 716. The van der Waals surface area contributed by atoms with E-state index in [0.29, 0.717) is 10.8 Å². The second-order valence-corrected chi connectivity index (χ2v) is 7.71. The molecular weight excluding hydrogens is 296 g/mol. The predicted molar refractivity (Wildman–Crippen MR) is 78.9 cm³/mol. The van der Waals surface area contributed by atoms with Gasteiger partial charge in [-0.3, -0.25) is 4.68 Å². The van der Waals surface area contributed by atoms with Gasteiger partial charge in [-0.15, -0.1) is 11.3 Å². The molecule has 110 valence electrons. The molecule has 0 radical (unpaired) electrons. The lowest BCUT2D eigenvalue weighted by atomic mass is 10.3. The second kappa shape index (κ2) is 5.65. The maximum Gasteiger partial charge on any atom is 0.250 e.